The first-order chi connectivity index (χ1) is 39.4. The molecule has 0 saturated heterocycles. The van der Waals surface area contributed by atoms with E-state index in [-0.39, 0.29) is 16.2 Å². The quantitative estimate of drug-likeness (QED) is 0.171. The number of nitrogens with zero attached hydrogens (tertiary/aromatic N) is 2. The van der Waals surface area contributed by atoms with Gasteiger partial charge in [-0.05, 0) is 193 Å². The van der Waals surface area contributed by atoms with Crippen LogP contribution in [-0.2, 0) is 29.1 Å². The molecule has 3 heteroatoms. The molecular formula is C78H60N2O. The minimum absolute atomic E-state index is 0.153. The average molecular weight is 1040 g/mol. The molecule has 0 spiro atoms. The number of fused-ring (bicyclic) bond motifs is 22. The number of hydrogen-bond acceptors (Lipinski definition) is 2. The van der Waals surface area contributed by atoms with Crippen LogP contribution in [0.15, 0.2) is 217 Å². The van der Waals surface area contributed by atoms with Crippen molar-refractivity contribution in [1.29, 1.82) is 0 Å². The van der Waals surface area contributed by atoms with Gasteiger partial charge in [0.2, 0.25) is 0 Å². The highest BCUT2D eigenvalue weighted by Crippen LogP contribution is 2.65. The molecule has 0 aliphatic heterocycles. The van der Waals surface area contributed by atoms with Gasteiger partial charge in [0.05, 0.1) is 11.0 Å². The molecule has 4 aliphatic carbocycles. The lowest BCUT2D eigenvalue weighted by molar-refractivity contribution is 0.600. The van der Waals surface area contributed by atoms with Crippen LogP contribution >= 0.6 is 0 Å². The van der Waals surface area contributed by atoms with E-state index in [9.17, 15) is 0 Å². The summed E-state index contributed by atoms with van der Waals surface area (Å²) in [5, 5.41) is 4.79. The second kappa shape index (κ2) is 16.2. The zero-order valence-corrected chi connectivity index (χ0v) is 46.9. The Hall–Kier alpha value is -9.18. The summed E-state index contributed by atoms with van der Waals surface area (Å²) in [7, 11) is 0. The van der Waals surface area contributed by atoms with Gasteiger partial charge in [-0.3, -0.25) is 0 Å². The Balaban J connectivity index is 0.847. The number of aryl methyl sites for hydroxylation is 2. The summed E-state index contributed by atoms with van der Waals surface area (Å²) in [5.41, 5.74) is 34.1. The van der Waals surface area contributed by atoms with Gasteiger partial charge in [0, 0.05) is 66.1 Å². The highest BCUT2D eigenvalue weighted by atomic mass is 16.3. The van der Waals surface area contributed by atoms with Crippen molar-refractivity contribution in [2.24, 2.45) is 0 Å². The number of hydrogen-bond donors (Lipinski definition) is 0. The zero-order chi connectivity index (χ0) is 54.4. The highest BCUT2D eigenvalue weighted by Gasteiger charge is 2.49. The van der Waals surface area contributed by atoms with E-state index in [0.29, 0.717) is 0 Å². The van der Waals surface area contributed by atoms with Crippen molar-refractivity contribution in [2.45, 2.75) is 77.6 Å². The maximum Gasteiger partial charge on any atom is 0.143 e. The van der Waals surface area contributed by atoms with Crippen molar-refractivity contribution in [3.63, 3.8) is 0 Å². The Morgan fingerprint density at radius 1 is 0.407 bits per heavy atom. The average Bonchev–Trinajstić information content (AvgIpc) is 2.20. The van der Waals surface area contributed by atoms with Gasteiger partial charge < -0.3 is 13.9 Å². The Labute approximate surface area is 473 Å². The zero-order valence-electron chi connectivity index (χ0n) is 46.9. The predicted molar refractivity (Wildman–Crippen MR) is 338 cm³/mol. The van der Waals surface area contributed by atoms with Crippen molar-refractivity contribution in [3.05, 3.63) is 262 Å². The smallest absolute Gasteiger partial charge is 0.143 e. The fourth-order valence-corrected chi connectivity index (χ4v) is 15.9. The Bertz CT molecular complexity index is 4900. The number of benzene rings is 11. The third-order valence-electron chi connectivity index (χ3n) is 19.7. The van der Waals surface area contributed by atoms with Gasteiger partial charge in [-0.2, -0.15) is 0 Å². The molecule has 0 saturated carbocycles. The summed E-state index contributed by atoms with van der Waals surface area (Å²) in [5.74, 6) is 0. The van der Waals surface area contributed by atoms with Crippen LogP contribution in [0.5, 0.6) is 0 Å². The molecule has 0 radical (unpaired) electrons. The van der Waals surface area contributed by atoms with Gasteiger partial charge in [-0.25, -0.2) is 0 Å². The Morgan fingerprint density at radius 3 is 1.80 bits per heavy atom. The monoisotopic (exact) mass is 1040 g/mol. The molecule has 4 aliphatic rings. The molecule has 388 valence electrons. The van der Waals surface area contributed by atoms with Crippen molar-refractivity contribution >= 4 is 60.8 Å². The van der Waals surface area contributed by atoms with Gasteiger partial charge in [0.15, 0.2) is 0 Å². The summed E-state index contributed by atoms with van der Waals surface area (Å²) in [6, 6.07) is 80.0. The minimum Gasteiger partial charge on any atom is -0.455 e. The van der Waals surface area contributed by atoms with E-state index in [1.807, 2.05) is 0 Å². The molecule has 0 atom stereocenters. The van der Waals surface area contributed by atoms with Crippen LogP contribution in [0.2, 0.25) is 0 Å². The molecule has 0 fully saturated rings. The van der Waals surface area contributed by atoms with Gasteiger partial charge in [0.25, 0.3) is 0 Å². The van der Waals surface area contributed by atoms with Crippen molar-refractivity contribution < 1.29 is 4.42 Å². The van der Waals surface area contributed by atoms with Crippen LogP contribution in [0.3, 0.4) is 0 Å². The maximum absolute atomic E-state index is 7.07. The van der Waals surface area contributed by atoms with Gasteiger partial charge in [-0.15, -0.1) is 0 Å². The van der Waals surface area contributed by atoms with Crippen LogP contribution in [0.1, 0.15) is 91.6 Å². The van der Waals surface area contributed by atoms with E-state index < -0.39 is 0 Å². The molecule has 13 aromatic rings. The molecule has 17 rings (SSSR count). The van der Waals surface area contributed by atoms with Crippen molar-refractivity contribution in [1.82, 2.24) is 4.57 Å². The topological polar surface area (TPSA) is 21.3 Å². The first kappa shape index (κ1) is 46.7. The first-order valence-corrected chi connectivity index (χ1v) is 29.0. The molecule has 11 aromatic carbocycles. The second-order valence-electron chi connectivity index (χ2n) is 25.1. The lowest BCUT2D eigenvalue weighted by Gasteiger charge is -2.34. The van der Waals surface area contributed by atoms with E-state index in [2.05, 4.69) is 270 Å². The van der Waals surface area contributed by atoms with E-state index in [1.54, 1.807) is 0 Å². The van der Waals surface area contributed by atoms with Crippen molar-refractivity contribution in [2.75, 3.05) is 4.90 Å². The molecule has 0 bridgehead atoms. The van der Waals surface area contributed by atoms with E-state index in [4.69, 9.17) is 4.42 Å². The number of rotatable bonds is 5. The van der Waals surface area contributed by atoms with Gasteiger partial charge in [0.1, 0.15) is 11.2 Å². The lowest BCUT2D eigenvalue weighted by atomic mass is 9.69. The van der Waals surface area contributed by atoms with Gasteiger partial charge in [-0.1, -0.05) is 181 Å². The number of para-hydroxylation sites is 3. The summed E-state index contributed by atoms with van der Waals surface area (Å²) in [6.45, 7) is 17.0. The summed E-state index contributed by atoms with van der Waals surface area (Å²) in [4.78, 5) is 2.52. The normalized spacial score (nSPS) is 15.3. The van der Waals surface area contributed by atoms with Gasteiger partial charge >= 0.3 is 0 Å². The molecule has 3 nitrogen and oxygen atoms in total. The third kappa shape index (κ3) is 6.19. The third-order valence-corrected chi connectivity index (χ3v) is 19.7. The summed E-state index contributed by atoms with van der Waals surface area (Å²) < 4.78 is 9.46. The molecular weight excluding hydrogens is 981 g/mol. The standard InChI is InChI=1S/C78H60N2O/c1-45-29-33-49(34-30-45)79(51-36-39-56-63(43-51)78(6,7)74-71(56)68-52-22-12-11-19-46(52)31-37-58(68)69-54-24-13-16-26-61(54)77(4,5)73(69)74)50-35-38-55-62(42-50)76(2,3)64-44-59(75-72(70(55)64)57-25-15-18-28-67(57)81-75)47-32-40-66-60(41-47)53-23-14-17-27-65(53)80(66)48-20-9-8-10-21-48/h8-30,32-36,38-44H,31,37H2,1-7H3. The SMILES string of the molecule is Cc1ccc(N(c2ccc3c(c2)C(C)(C)c2cc(-c4ccc5c(c4)c4ccccc4n5-c4ccccc4)c4oc5ccccc5c4c2-3)c2ccc3c(c2)C(C)(C)c2c-3c3c(c4c2C(C)(C)c2ccccc2-4)CCc2ccccc2-3)cc1. The molecule has 2 heterocycles. The van der Waals surface area contributed by atoms with Crippen molar-refractivity contribution in [3.8, 4) is 61.3 Å². The maximum atomic E-state index is 7.07. The van der Waals surface area contributed by atoms with Crippen LogP contribution in [0.25, 0.3) is 105 Å². The minimum atomic E-state index is -0.351. The van der Waals surface area contributed by atoms with E-state index >= 15 is 0 Å². The first-order valence-electron chi connectivity index (χ1n) is 29.0. The predicted octanol–water partition coefficient (Wildman–Crippen LogP) is 20.8. The number of anilines is 3. The van der Waals surface area contributed by atoms with E-state index in [0.717, 1.165) is 63.3 Å². The largest absolute Gasteiger partial charge is 0.455 e. The van der Waals surface area contributed by atoms with E-state index in [1.165, 1.54) is 122 Å². The fourth-order valence-electron chi connectivity index (χ4n) is 15.9. The molecule has 2 aromatic heterocycles. The fraction of sp³-hybridized carbons (Fsp3) is 0.154. The van der Waals surface area contributed by atoms with Crippen LogP contribution in [0, 0.1) is 6.92 Å². The van der Waals surface area contributed by atoms with Crippen LogP contribution in [0.4, 0.5) is 17.1 Å². The molecule has 0 unspecified atom stereocenters. The number of furan rings is 1. The highest BCUT2D eigenvalue weighted by molar-refractivity contribution is 6.20. The number of aromatic nitrogens is 1. The lowest BCUT2D eigenvalue weighted by Crippen LogP contribution is -2.25. The molecule has 81 heavy (non-hydrogen) atoms. The molecule has 0 N–H and O–H groups in total. The van der Waals surface area contributed by atoms with Crippen LogP contribution < -0.4 is 4.90 Å². The summed E-state index contributed by atoms with van der Waals surface area (Å²) in [6.07, 6.45) is 2.10. The van der Waals surface area contributed by atoms with Crippen LogP contribution in [-0.4, -0.2) is 4.57 Å². The summed E-state index contributed by atoms with van der Waals surface area (Å²) >= 11 is 0. The Kier molecular flexibility index (Phi) is 9.36. The Morgan fingerprint density at radius 2 is 1.01 bits per heavy atom. The molecule has 0 amide bonds. The second-order valence-corrected chi connectivity index (χ2v) is 25.1.